The third-order valence-electron chi connectivity index (χ3n) is 0.431. The average molecular weight is 472 g/mol. The summed E-state index contributed by atoms with van der Waals surface area (Å²) in [5.74, 6) is 0. The van der Waals surface area contributed by atoms with E-state index in [4.69, 9.17) is 0 Å². The Bertz CT molecular complexity index is 73.6. The molecule has 0 aromatic heterocycles. The van der Waals surface area contributed by atoms with Gasteiger partial charge in [-0.05, 0) is 0 Å². The molecule has 0 aliphatic carbocycles. The van der Waals surface area contributed by atoms with Crippen molar-refractivity contribution in [1.29, 1.82) is 0 Å². The van der Waals surface area contributed by atoms with E-state index in [0.29, 0.717) is 0 Å². The third-order valence-corrected chi connectivity index (χ3v) is 3.78. The maximum atomic E-state index is 2.25. The van der Waals surface area contributed by atoms with Crippen molar-refractivity contribution in [2.24, 2.45) is 0 Å². The molecule has 0 N–H and O–H groups in total. The van der Waals surface area contributed by atoms with Crippen LogP contribution >= 0.6 is 0 Å². The summed E-state index contributed by atoms with van der Waals surface area (Å²) < 4.78 is 4.48. The van der Waals surface area contributed by atoms with Gasteiger partial charge in [-0.2, -0.15) is 0 Å². The predicted octanol–water partition coefficient (Wildman–Crippen LogP) is -0.238. The van der Waals surface area contributed by atoms with Crippen LogP contribution in [0.3, 0.4) is 0 Å². The van der Waals surface area contributed by atoms with E-state index in [2.05, 4.69) is 14.4 Å². The second-order valence-corrected chi connectivity index (χ2v) is 3.14. The van der Waals surface area contributed by atoms with Gasteiger partial charge in [-0.25, -0.2) is 0 Å². The molecule has 0 aliphatic rings. The Morgan fingerprint density at radius 2 is 2.33 bits per heavy atom. The van der Waals surface area contributed by atoms with E-state index in [1.807, 2.05) is 0 Å². The van der Waals surface area contributed by atoms with Crippen LogP contribution in [0.2, 0.25) is 0 Å². The molecule has 0 rings (SSSR count). The molecule has 0 fully saturated rings. The summed E-state index contributed by atoms with van der Waals surface area (Å²) in [6.45, 7) is 2.15. The summed E-state index contributed by atoms with van der Waals surface area (Å²) in [5, 5.41) is 0. The predicted molar refractivity (Wildman–Crippen MR) is 32.7 cm³/mol. The van der Waals surface area contributed by atoms with Gasteiger partial charge in [0.2, 0.25) is 0 Å². The van der Waals surface area contributed by atoms with Crippen LogP contribution < -0.4 is 0 Å². The van der Waals surface area contributed by atoms with Crippen LogP contribution in [0.4, 0.5) is 0 Å². The molecule has 2 heteroatoms. The Hall–Kier alpha value is 1.38. The normalized spacial score (nSPS) is 11.3. The zero-order valence-electron chi connectivity index (χ0n) is 3.60. The quantitative estimate of drug-likeness (QED) is 0.463. The molecule has 0 unspecified atom stereocenters. The van der Waals surface area contributed by atoms with Gasteiger partial charge in [-0.1, -0.05) is 0 Å². The van der Waals surface area contributed by atoms with Gasteiger partial charge in [-0.15, -0.1) is 0 Å². The number of allylic oxidation sites excluding steroid dienone is 1. The van der Waals surface area contributed by atoms with E-state index in [9.17, 15) is 0 Å². The molecule has 0 aliphatic heterocycles. The van der Waals surface area contributed by atoms with Crippen LogP contribution in [0.25, 0.3) is 0 Å². The van der Waals surface area contributed by atoms with Crippen LogP contribution in [-0.2, 0) is 0 Å². The van der Waals surface area contributed by atoms with E-state index < -0.39 is 0 Å². The first-order chi connectivity index (χ1) is 2.81. The van der Waals surface area contributed by atoms with Crippen molar-refractivity contribution in [3.05, 3.63) is 9.36 Å². The molecule has 6 heavy (non-hydrogen) atoms. The Balaban J connectivity index is 3.50. The fourth-order valence-corrected chi connectivity index (χ4v) is 2.87. The Kier molecular flexibility index (Phi) is 5.57. The van der Waals surface area contributed by atoms with Gasteiger partial charge >= 0.3 is 68.9 Å². The number of rotatable bonds is 1. The monoisotopic (exact) mass is 472 g/mol. The molecule has 2 radical (unpaired) electrons. The molecule has 0 bridgehead atoms. The molecule has 0 nitrogen and oxygen atoms in total. The fourth-order valence-electron chi connectivity index (χ4n) is 0.0373. The molecule has 0 saturated heterocycles. The minimum atomic E-state index is 1.21. The van der Waals surface area contributed by atoms with E-state index in [-0.39, 0.29) is 0 Å². The van der Waals surface area contributed by atoms with Gasteiger partial charge in [0.05, 0.1) is 0 Å². The standard InChI is InChI=1S/C4H5.2Bi.H/c1-4(2)3;;;/h1-2H,3H3;;;. The molecule has 0 amide bonds. The Morgan fingerprint density at radius 3 is 2.33 bits per heavy atom. The van der Waals surface area contributed by atoms with Gasteiger partial charge in [0, 0.05) is 0 Å². The van der Waals surface area contributed by atoms with Gasteiger partial charge in [0.25, 0.3) is 0 Å². The van der Waals surface area contributed by atoms with Crippen molar-refractivity contribution in [1.82, 2.24) is 0 Å². The summed E-state index contributed by atoms with van der Waals surface area (Å²) in [7, 11) is 0. The van der Waals surface area contributed by atoms with Crippen molar-refractivity contribution in [3.63, 3.8) is 0 Å². The molecular formula is C4H6Bi2. The van der Waals surface area contributed by atoms with Crippen molar-refractivity contribution in [3.8, 4) is 0 Å². The number of hydrogen-bond donors (Lipinski definition) is 0. The van der Waals surface area contributed by atoms with Crippen molar-refractivity contribution >= 4 is 52.7 Å². The van der Waals surface area contributed by atoms with Gasteiger partial charge in [0.1, 0.15) is 0 Å². The Labute approximate surface area is 68.2 Å². The average Bonchev–Trinajstić information content (AvgIpc) is 1.65. The minimum absolute atomic E-state index is 1.21. The molecule has 0 saturated carbocycles. The molecule has 0 atom stereocenters. The SMILES string of the molecule is CC([CH]=[Bi])=[CH][BiH]. The van der Waals surface area contributed by atoms with Crippen molar-refractivity contribution in [2.45, 2.75) is 6.92 Å². The van der Waals surface area contributed by atoms with Crippen molar-refractivity contribution in [2.75, 3.05) is 0 Å². The summed E-state index contributed by atoms with van der Waals surface area (Å²) in [4.78, 5) is 0. The van der Waals surface area contributed by atoms with Gasteiger partial charge in [-0.3, -0.25) is 0 Å². The summed E-state index contributed by atoms with van der Waals surface area (Å²) in [5.41, 5.74) is 1.45. The van der Waals surface area contributed by atoms with Gasteiger partial charge in [0.15, 0.2) is 0 Å². The van der Waals surface area contributed by atoms with Crippen LogP contribution in [0, 0.1) is 0 Å². The zero-order valence-corrected chi connectivity index (χ0v) is 11.0. The topological polar surface area (TPSA) is 0 Å². The molecule has 0 spiro atoms. The van der Waals surface area contributed by atoms with Crippen LogP contribution in [-0.4, -0.2) is 52.7 Å². The number of hydrogen-bond acceptors (Lipinski definition) is 0. The Morgan fingerprint density at radius 1 is 1.83 bits per heavy atom. The van der Waals surface area contributed by atoms with Crippen LogP contribution in [0.15, 0.2) is 9.36 Å². The molecule has 0 heterocycles. The molecule has 0 aromatic carbocycles. The third kappa shape index (κ3) is 3.56. The summed E-state index contributed by atoms with van der Waals surface area (Å²) >= 11 is 2.59. The molecule has 0 aromatic rings. The first kappa shape index (κ1) is 7.38. The first-order valence-electron chi connectivity index (χ1n) is 1.62. The summed E-state index contributed by atoms with van der Waals surface area (Å²) in [6, 6.07) is 0. The van der Waals surface area contributed by atoms with E-state index >= 15 is 0 Å². The van der Waals surface area contributed by atoms with E-state index in [0.717, 1.165) is 0 Å². The maximum absolute atomic E-state index is 2.25. The van der Waals surface area contributed by atoms with Gasteiger partial charge < -0.3 is 0 Å². The van der Waals surface area contributed by atoms with Crippen LogP contribution in [0.1, 0.15) is 6.92 Å². The second-order valence-electron chi connectivity index (χ2n) is 1.02. The van der Waals surface area contributed by atoms with E-state index in [1.54, 1.807) is 0 Å². The molecular weight excluding hydrogens is 466 g/mol. The summed E-state index contributed by atoms with van der Waals surface area (Å²) in [6.07, 6.45) is 0. The van der Waals surface area contributed by atoms with Crippen molar-refractivity contribution < 1.29 is 0 Å². The molecule has 32 valence electrons. The zero-order chi connectivity index (χ0) is 4.99. The van der Waals surface area contributed by atoms with Crippen LogP contribution in [0.5, 0.6) is 0 Å². The van der Waals surface area contributed by atoms with E-state index in [1.165, 1.54) is 54.5 Å². The fraction of sp³-hybridized carbons (Fsp3) is 0.250. The second kappa shape index (κ2) is 4.53. The first-order valence-corrected chi connectivity index (χ1v) is 5.88.